The summed E-state index contributed by atoms with van der Waals surface area (Å²) in [5.74, 6) is 0.804. The zero-order valence-electron chi connectivity index (χ0n) is 13.4. The highest BCUT2D eigenvalue weighted by molar-refractivity contribution is 9.10. The van der Waals surface area contributed by atoms with Crippen LogP contribution >= 0.6 is 15.9 Å². The summed E-state index contributed by atoms with van der Waals surface area (Å²) in [6.07, 6.45) is 0. The van der Waals surface area contributed by atoms with Crippen molar-refractivity contribution in [3.63, 3.8) is 0 Å². The lowest BCUT2D eigenvalue weighted by molar-refractivity contribution is 0.0768. The molecule has 3 aromatic rings. The van der Waals surface area contributed by atoms with Crippen LogP contribution in [0.1, 0.15) is 21.8 Å². The van der Waals surface area contributed by atoms with E-state index in [9.17, 15) is 4.79 Å². The molecule has 0 spiro atoms. The van der Waals surface area contributed by atoms with Crippen molar-refractivity contribution in [1.29, 1.82) is 0 Å². The van der Waals surface area contributed by atoms with Crippen molar-refractivity contribution in [2.24, 2.45) is 0 Å². The molecule has 0 bridgehead atoms. The summed E-state index contributed by atoms with van der Waals surface area (Å²) in [4.78, 5) is 18.4. The number of hydrogen-bond donors (Lipinski definition) is 0. The van der Waals surface area contributed by atoms with Crippen molar-refractivity contribution in [2.75, 3.05) is 7.05 Å². The fraction of sp³-hybridized carbons (Fsp3) is 0.167. The van der Waals surface area contributed by atoms with E-state index in [1.807, 2.05) is 49.4 Å². The highest BCUT2D eigenvalue weighted by Gasteiger charge is 2.17. The average molecular weight is 386 g/mol. The molecule has 0 saturated heterocycles. The average Bonchev–Trinajstić information content (AvgIpc) is 3.04. The normalized spacial score (nSPS) is 10.6. The molecule has 0 N–H and O–H groups in total. The summed E-state index contributed by atoms with van der Waals surface area (Å²) in [5, 5.41) is 3.99. The van der Waals surface area contributed by atoms with Crippen LogP contribution in [0.3, 0.4) is 0 Å². The van der Waals surface area contributed by atoms with Gasteiger partial charge in [-0.05, 0) is 35.0 Å². The monoisotopic (exact) mass is 385 g/mol. The number of aromatic nitrogens is 2. The van der Waals surface area contributed by atoms with Crippen molar-refractivity contribution in [2.45, 2.75) is 13.5 Å². The first kappa shape index (κ1) is 16.4. The molecule has 1 heterocycles. The van der Waals surface area contributed by atoms with E-state index in [0.29, 0.717) is 17.3 Å². The molecule has 2 aromatic carbocycles. The van der Waals surface area contributed by atoms with E-state index in [1.54, 1.807) is 18.0 Å². The van der Waals surface area contributed by atoms with Crippen LogP contribution in [0.15, 0.2) is 57.5 Å². The summed E-state index contributed by atoms with van der Waals surface area (Å²) in [7, 11) is 1.71. The predicted molar refractivity (Wildman–Crippen MR) is 94.4 cm³/mol. The van der Waals surface area contributed by atoms with Gasteiger partial charge in [-0.2, -0.15) is 4.98 Å². The van der Waals surface area contributed by atoms with E-state index in [0.717, 1.165) is 10.0 Å². The van der Waals surface area contributed by atoms with Gasteiger partial charge in [-0.15, -0.1) is 0 Å². The molecule has 0 aliphatic carbocycles. The second-order valence-corrected chi connectivity index (χ2v) is 6.37. The third-order valence-electron chi connectivity index (χ3n) is 3.60. The summed E-state index contributed by atoms with van der Waals surface area (Å²) in [5.41, 5.74) is 2.65. The van der Waals surface area contributed by atoms with Gasteiger partial charge in [0, 0.05) is 17.1 Å². The Bertz CT molecular complexity index is 859. The maximum atomic E-state index is 12.5. The summed E-state index contributed by atoms with van der Waals surface area (Å²) in [6.45, 7) is 2.27. The fourth-order valence-corrected chi connectivity index (χ4v) is 2.71. The van der Waals surface area contributed by atoms with E-state index in [-0.39, 0.29) is 12.5 Å². The summed E-state index contributed by atoms with van der Waals surface area (Å²) >= 11 is 3.39. The minimum absolute atomic E-state index is 0.113. The van der Waals surface area contributed by atoms with E-state index in [1.165, 1.54) is 5.56 Å². The van der Waals surface area contributed by atoms with Gasteiger partial charge >= 0.3 is 0 Å². The highest BCUT2D eigenvalue weighted by Crippen LogP contribution is 2.19. The third kappa shape index (κ3) is 3.54. The van der Waals surface area contributed by atoms with Crippen LogP contribution in [0.5, 0.6) is 0 Å². The number of benzene rings is 2. The van der Waals surface area contributed by atoms with Gasteiger partial charge in [0.2, 0.25) is 11.7 Å². The first-order valence-corrected chi connectivity index (χ1v) is 8.23. The molecule has 6 heteroatoms. The largest absolute Gasteiger partial charge is 0.337 e. The van der Waals surface area contributed by atoms with E-state index in [4.69, 9.17) is 4.52 Å². The molecule has 5 nitrogen and oxygen atoms in total. The van der Waals surface area contributed by atoms with Crippen LogP contribution in [-0.2, 0) is 6.54 Å². The van der Waals surface area contributed by atoms with Crippen molar-refractivity contribution < 1.29 is 9.32 Å². The van der Waals surface area contributed by atoms with Crippen molar-refractivity contribution in [3.05, 3.63) is 70.0 Å². The van der Waals surface area contributed by atoms with Gasteiger partial charge in [0.25, 0.3) is 5.91 Å². The minimum Gasteiger partial charge on any atom is -0.337 e. The molecule has 0 saturated carbocycles. The molecule has 0 atom stereocenters. The maximum Gasteiger partial charge on any atom is 0.255 e. The topological polar surface area (TPSA) is 59.2 Å². The fourth-order valence-electron chi connectivity index (χ4n) is 2.25. The standard InChI is InChI=1S/C18H16BrN3O2/c1-12-7-9-13(10-8-12)17-20-16(24-21-17)11-22(2)18(23)14-5-3-4-6-15(14)19/h3-10H,11H2,1-2H3. The number of nitrogens with zero attached hydrogens (tertiary/aromatic N) is 3. The predicted octanol–water partition coefficient (Wildman–Crippen LogP) is 4.08. The van der Waals surface area contributed by atoms with Crippen molar-refractivity contribution in [1.82, 2.24) is 15.0 Å². The van der Waals surface area contributed by atoms with Crippen LogP contribution in [0.4, 0.5) is 0 Å². The number of hydrogen-bond acceptors (Lipinski definition) is 4. The molecule has 0 fully saturated rings. The Kier molecular flexibility index (Phi) is 4.76. The van der Waals surface area contributed by atoms with Gasteiger partial charge < -0.3 is 9.42 Å². The van der Waals surface area contributed by atoms with Gasteiger partial charge in [-0.25, -0.2) is 0 Å². The molecule has 0 aliphatic rings. The van der Waals surface area contributed by atoms with Gasteiger partial charge in [-0.3, -0.25) is 4.79 Å². The van der Waals surface area contributed by atoms with Gasteiger partial charge in [0.1, 0.15) is 0 Å². The molecule has 0 unspecified atom stereocenters. The molecule has 1 aromatic heterocycles. The SMILES string of the molecule is Cc1ccc(-c2noc(CN(C)C(=O)c3ccccc3Br)n2)cc1. The molecule has 1 amide bonds. The maximum absolute atomic E-state index is 12.5. The summed E-state index contributed by atoms with van der Waals surface area (Å²) < 4.78 is 6.03. The van der Waals surface area contributed by atoms with Crippen LogP contribution in [0, 0.1) is 6.92 Å². The Hall–Kier alpha value is -2.47. The molecule has 0 aliphatic heterocycles. The van der Waals surface area contributed by atoms with Crippen LogP contribution in [0.25, 0.3) is 11.4 Å². The Morgan fingerprint density at radius 3 is 2.58 bits per heavy atom. The Balaban J connectivity index is 1.73. The molecule has 3 rings (SSSR count). The van der Waals surface area contributed by atoms with Crippen LogP contribution < -0.4 is 0 Å². The first-order valence-electron chi connectivity index (χ1n) is 7.44. The lowest BCUT2D eigenvalue weighted by atomic mass is 10.1. The smallest absolute Gasteiger partial charge is 0.255 e. The molecule has 24 heavy (non-hydrogen) atoms. The number of halogens is 1. The van der Waals surface area contributed by atoms with Crippen LogP contribution in [-0.4, -0.2) is 28.0 Å². The highest BCUT2D eigenvalue weighted by atomic mass is 79.9. The minimum atomic E-state index is -0.113. The third-order valence-corrected chi connectivity index (χ3v) is 4.29. The number of amides is 1. The van der Waals surface area contributed by atoms with Crippen molar-refractivity contribution >= 4 is 21.8 Å². The second kappa shape index (κ2) is 6.97. The number of aryl methyl sites for hydroxylation is 1. The van der Waals surface area contributed by atoms with Gasteiger partial charge in [-0.1, -0.05) is 47.1 Å². The van der Waals surface area contributed by atoms with E-state index < -0.39 is 0 Å². The number of rotatable bonds is 4. The van der Waals surface area contributed by atoms with E-state index >= 15 is 0 Å². The quantitative estimate of drug-likeness (QED) is 0.678. The molecular formula is C18H16BrN3O2. The molecular weight excluding hydrogens is 370 g/mol. The van der Waals surface area contributed by atoms with Crippen LogP contribution in [0.2, 0.25) is 0 Å². The first-order chi connectivity index (χ1) is 11.5. The van der Waals surface area contributed by atoms with E-state index in [2.05, 4.69) is 26.1 Å². The lowest BCUT2D eigenvalue weighted by Gasteiger charge is -2.15. The number of carbonyl (C=O) groups is 1. The lowest BCUT2D eigenvalue weighted by Crippen LogP contribution is -2.26. The Morgan fingerprint density at radius 1 is 1.17 bits per heavy atom. The van der Waals surface area contributed by atoms with Gasteiger partial charge in [0.05, 0.1) is 12.1 Å². The summed E-state index contributed by atoms with van der Waals surface area (Å²) in [6, 6.07) is 15.2. The Morgan fingerprint density at radius 2 is 1.88 bits per heavy atom. The number of carbonyl (C=O) groups excluding carboxylic acids is 1. The zero-order valence-corrected chi connectivity index (χ0v) is 14.9. The molecule has 0 radical (unpaired) electrons. The Labute approximate surface area is 148 Å². The van der Waals surface area contributed by atoms with Gasteiger partial charge in [0.15, 0.2) is 0 Å². The zero-order chi connectivity index (χ0) is 17.1. The molecule has 122 valence electrons. The second-order valence-electron chi connectivity index (χ2n) is 5.52. The van der Waals surface area contributed by atoms with Crippen molar-refractivity contribution in [3.8, 4) is 11.4 Å².